The van der Waals surface area contributed by atoms with Crippen molar-refractivity contribution in [2.45, 2.75) is 25.8 Å². The van der Waals surface area contributed by atoms with Gasteiger partial charge >= 0.3 is 0 Å². The zero-order valence-corrected chi connectivity index (χ0v) is 18.3. The van der Waals surface area contributed by atoms with Crippen LogP contribution in [0.2, 0.25) is 0 Å². The van der Waals surface area contributed by atoms with Crippen LogP contribution >= 0.6 is 0 Å². The zero-order chi connectivity index (χ0) is 21.4. The minimum Gasteiger partial charge on any atom is -0.439 e. The molecule has 0 amide bonds. The van der Waals surface area contributed by atoms with Crippen LogP contribution in [-0.4, -0.2) is 40.3 Å². The van der Waals surface area contributed by atoms with E-state index in [2.05, 4.69) is 61.1 Å². The highest BCUT2D eigenvalue weighted by atomic mass is 16.5. The molecule has 158 valence electrons. The quantitative estimate of drug-likeness (QED) is 0.407. The van der Waals surface area contributed by atoms with Gasteiger partial charge in [-0.25, -0.2) is 4.98 Å². The number of hydrogen-bond acceptors (Lipinski definition) is 4. The lowest BCUT2D eigenvalue weighted by Crippen LogP contribution is -2.34. The van der Waals surface area contributed by atoms with Crippen LogP contribution in [0.15, 0.2) is 66.9 Å². The number of benzene rings is 2. The molecule has 2 heterocycles. The van der Waals surface area contributed by atoms with Crippen molar-refractivity contribution in [3.05, 3.63) is 72.4 Å². The fraction of sp³-hybridized carbons (Fsp3) is 0.308. The summed E-state index contributed by atoms with van der Waals surface area (Å²) in [7, 11) is 4.29. The van der Waals surface area contributed by atoms with Crippen molar-refractivity contribution in [2.75, 3.05) is 20.6 Å². The van der Waals surface area contributed by atoms with E-state index < -0.39 is 0 Å². The topological polar surface area (TPSA) is 43.2 Å². The zero-order valence-electron chi connectivity index (χ0n) is 18.3. The Morgan fingerprint density at radius 1 is 1.03 bits per heavy atom. The van der Waals surface area contributed by atoms with Gasteiger partial charge in [-0.3, -0.25) is 4.68 Å². The number of nitrogens with zero attached hydrogens (tertiary/aromatic N) is 4. The van der Waals surface area contributed by atoms with E-state index in [1.807, 2.05) is 36.4 Å². The van der Waals surface area contributed by atoms with Crippen molar-refractivity contribution in [1.82, 2.24) is 19.7 Å². The molecular formula is C26H28N4O. The number of ether oxygens (including phenoxy) is 1. The van der Waals surface area contributed by atoms with Crippen LogP contribution in [0.4, 0.5) is 0 Å². The van der Waals surface area contributed by atoms with Gasteiger partial charge in [-0.1, -0.05) is 30.3 Å². The fourth-order valence-corrected chi connectivity index (χ4v) is 4.47. The molecule has 0 unspecified atom stereocenters. The lowest BCUT2D eigenvalue weighted by atomic mass is 9.80. The van der Waals surface area contributed by atoms with Gasteiger partial charge in [0.15, 0.2) is 0 Å². The second-order valence-electron chi connectivity index (χ2n) is 8.86. The first-order valence-corrected chi connectivity index (χ1v) is 10.9. The molecule has 0 saturated heterocycles. The second-order valence-corrected chi connectivity index (χ2v) is 8.86. The van der Waals surface area contributed by atoms with Crippen LogP contribution in [0.25, 0.3) is 22.2 Å². The molecule has 2 aromatic heterocycles. The number of rotatable bonds is 6. The number of aromatic nitrogens is 3. The first kappa shape index (κ1) is 19.8. The summed E-state index contributed by atoms with van der Waals surface area (Å²) in [6.07, 6.45) is 4.53. The lowest BCUT2D eigenvalue weighted by Gasteiger charge is -2.36. The Morgan fingerprint density at radius 3 is 2.61 bits per heavy atom. The number of aryl methyl sites for hydroxylation is 1. The highest BCUT2D eigenvalue weighted by Crippen LogP contribution is 2.38. The summed E-state index contributed by atoms with van der Waals surface area (Å²) in [6.45, 7) is 3.25. The molecule has 2 aromatic carbocycles. The van der Waals surface area contributed by atoms with Crippen LogP contribution in [0.5, 0.6) is 11.6 Å². The molecule has 5 heteroatoms. The third kappa shape index (κ3) is 4.19. The minimum atomic E-state index is 0.519. The normalized spacial score (nSPS) is 18.3. The van der Waals surface area contributed by atoms with Crippen molar-refractivity contribution in [1.29, 1.82) is 0 Å². The van der Waals surface area contributed by atoms with Crippen molar-refractivity contribution >= 4 is 10.9 Å². The van der Waals surface area contributed by atoms with Crippen molar-refractivity contribution in [3.8, 4) is 22.9 Å². The first-order valence-electron chi connectivity index (χ1n) is 10.9. The SMILES string of the molecule is Cc1cc(Oc2ccccc2)nc2cc(-c3ccn(C4CC(CN(C)C)C4)n3)ccc12. The number of pyridine rings is 1. The largest absolute Gasteiger partial charge is 0.439 e. The van der Waals surface area contributed by atoms with Crippen LogP contribution in [0.1, 0.15) is 24.4 Å². The van der Waals surface area contributed by atoms with Crippen molar-refractivity contribution < 1.29 is 4.74 Å². The third-order valence-corrected chi connectivity index (χ3v) is 6.07. The highest BCUT2D eigenvalue weighted by Gasteiger charge is 2.31. The summed E-state index contributed by atoms with van der Waals surface area (Å²) in [6, 6.07) is 20.8. The van der Waals surface area contributed by atoms with Gasteiger partial charge in [-0.05, 0) is 69.6 Å². The van der Waals surface area contributed by atoms with Crippen LogP contribution < -0.4 is 4.74 Å². The first-order chi connectivity index (χ1) is 15.0. The molecule has 5 nitrogen and oxygen atoms in total. The average molecular weight is 413 g/mol. The summed E-state index contributed by atoms with van der Waals surface area (Å²) in [5.74, 6) is 2.18. The molecule has 4 aromatic rings. The van der Waals surface area contributed by atoms with Gasteiger partial charge in [0, 0.05) is 29.8 Å². The van der Waals surface area contributed by atoms with Gasteiger partial charge in [0.25, 0.3) is 0 Å². The van der Waals surface area contributed by atoms with Gasteiger partial charge < -0.3 is 9.64 Å². The second kappa shape index (κ2) is 8.16. The molecular weight excluding hydrogens is 384 g/mol. The van der Waals surface area contributed by atoms with Crippen LogP contribution in [0.3, 0.4) is 0 Å². The van der Waals surface area contributed by atoms with Gasteiger partial charge in [-0.15, -0.1) is 0 Å². The molecule has 0 spiro atoms. The summed E-state index contributed by atoms with van der Waals surface area (Å²) in [4.78, 5) is 7.04. The van der Waals surface area contributed by atoms with E-state index in [9.17, 15) is 0 Å². The Labute approximate surface area is 183 Å². The molecule has 0 atom stereocenters. The molecule has 1 saturated carbocycles. The molecule has 1 aliphatic carbocycles. The molecule has 0 bridgehead atoms. The van der Waals surface area contributed by atoms with Gasteiger partial charge in [0.1, 0.15) is 5.75 Å². The molecule has 0 radical (unpaired) electrons. The van der Waals surface area contributed by atoms with Gasteiger partial charge in [0.2, 0.25) is 5.88 Å². The van der Waals surface area contributed by atoms with E-state index in [1.54, 1.807) is 0 Å². The standard InChI is InChI=1S/C26H28N4O/c1-18-13-26(31-22-7-5-4-6-8-22)27-25-16-20(9-10-23(18)25)24-11-12-30(28-24)21-14-19(15-21)17-29(2)3/h4-13,16,19,21H,14-15,17H2,1-3H3. The number of para-hydroxylation sites is 1. The molecule has 0 N–H and O–H groups in total. The van der Waals surface area contributed by atoms with Crippen LogP contribution in [0, 0.1) is 12.8 Å². The minimum absolute atomic E-state index is 0.519. The average Bonchev–Trinajstić information content (AvgIpc) is 3.20. The molecule has 5 rings (SSSR count). The maximum Gasteiger partial charge on any atom is 0.220 e. The third-order valence-electron chi connectivity index (χ3n) is 6.07. The predicted molar refractivity (Wildman–Crippen MR) is 125 cm³/mol. The Kier molecular flexibility index (Phi) is 5.20. The fourth-order valence-electron chi connectivity index (χ4n) is 4.47. The Balaban J connectivity index is 1.38. The maximum atomic E-state index is 5.97. The molecule has 1 fully saturated rings. The lowest BCUT2D eigenvalue weighted by molar-refractivity contribution is 0.146. The van der Waals surface area contributed by atoms with E-state index in [-0.39, 0.29) is 0 Å². The summed E-state index contributed by atoms with van der Waals surface area (Å²) >= 11 is 0. The molecule has 1 aliphatic rings. The van der Waals surface area contributed by atoms with Crippen molar-refractivity contribution in [3.63, 3.8) is 0 Å². The predicted octanol–water partition coefficient (Wildman–Crippen LogP) is 5.71. The Hall–Kier alpha value is -3.18. The van der Waals surface area contributed by atoms with Gasteiger partial charge in [0.05, 0.1) is 17.3 Å². The van der Waals surface area contributed by atoms with E-state index >= 15 is 0 Å². The van der Waals surface area contributed by atoms with E-state index in [0.717, 1.165) is 45.9 Å². The van der Waals surface area contributed by atoms with E-state index in [4.69, 9.17) is 14.8 Å². The molecule has 31 heavy (non-hydrogen) atoms. The highest BCUT2D eigenvalue weighted by molar-refractivity contribution is 5.86. The van der Waals surface area contributed by atoms with Gasteiger partial charge in [-0.2, -0.15) is 5.10 Å². The number of hydrogen-bond donors (Lipinski definition) is 0. The Bertz CT molecular complexity index is 1190. The molecule has 0 aliphatic heterocycles. The van der Waals surface area contributed by atoms with Crippen molar-refractivity contribution in [2.24, 2.45) is 5.92 Å². The van der Waals surface area contributed by atoms with E-state index in [1.165, 1.54) is 12.8 Å². The maximum absolute atomic E-state index is 5.97. The van der Waals surface area contributed by atoms with E-state index in [0.29, 0.717) is 11.9 Å². The monoisotopic (exact) mass is 412 g/mol. The van der Waals surface area contributed by atoms with Crippen LogP contribution in [-0.2, 0) is 0 Å². The summed E-state index contributed by atoms with van der Waals surface area (Å²) < 4.78 is 8.11. The Morgan fingerprint density at radius 2 is 1.84 bits per heavy atom. The summed E-state index contributed by atoms with van der Waals surface area (Å²) in [5.41, 5.74) is 4.15. The summed E-state index contributed by atoms with van der Waals surface area (Å²) in [5, 5.41) is 6.01. The smallest absolute Gasteiger partial charge is 0.220 e. The number of fused-ring (bicyclic) bond motifs is 1.